The van der Waals surface area contributed by atoms with Gasteiger partial charge < -0.3 is 19.9 Å². The Morgan fingerprint density at radius 2 is 2.43 bits per heavy atom. The standard InChI is InChI=1S/C17H24N4O2/c1-21(8-2-4-14-5-3-9-23-14)17(22)18-11-13-6-7-15-16(10-13)20-12-19-15/h6-7,10,12,14H,2-5,8-9,11H2,1H3,(H,18,22)(H,19,20)/t14-/m1/s1. The number of nitrogens with zero attached hydrogens (tertiary/aromatic N) is 2. The zero-order valence-electron chi connectivity index (χ0n) is 13.5. The van der Waals surface area contributed by atoms with E-state index in [0.717, 1.165) is 49.0 Å². The number of carbonyl (C=O) groups is 1. The summed E-state index contributed by atoms with van der Waals surface area (Å²) in [5.41, 5.74) is 2.98. The largest absolute Gasteiger partial charge is 0.378 e. The van der Waals surface area contributed by atoms with Crippen molar-refractivity contribution in [2.45, 2.75) is 38.3 Å². The number of carbonyl (C=O) groups excluding carboxylic acids is 1. The summed E-state index contributed by atoms with van der Waals surface area (Å²) < 4.78 is 5.60. The van der Waals surface area contributed by atoms with Crippen LogP contribution in [-0.4, -0.2) is 47.2 Å². The summed E-state index contributed by atoms with van der Waals surface area (Å²) in [5, 5.41) is 2.96. The number of aromatic nitrogens is 2. The maximum absolute atomic E-state index is 12.1. The van der Waals surface area contributed by atoms with E-state index in [-0.39, 0.29) is 6.03 Å². The van der Waals surface area contributed by atoms with Gasteiger partial charge in [-0.15, -0.1) is 0 Å². The summed E-state index contributed by atoms with van der Waals surface area (Å²) >= 11 is 0. The third-order valence-electron chi connectivity index (χ3n) is 4.32. The van der Waals surface area contributed by atoms with E-state index in [1.165, 1.54) is 6.42 Å². The summed E-state index contributed by atoms with van der Waals surface area (Å²) in [5.74, 6) is 0. The highest BCUT2D eigenvalue weighted by Gasteiger charge is 2.16. The summed E-state index contributed by atoms with van der Waals surface area (Å²) in [6.07, 6.45) is 6.42. The molecule has 0 bridgehead atoms. The molecule has 124 valence electrons. The van der Waals surface area contributed by atoms with Crippen LogP contribution in [0.15, 0.2) is 24.5 Å². The molecule has 0 spiro atoms. The van der Waals surface area contributed by atoms with Gasteiger partial charge in [0.15, 0.2) is 0 Å². The fourth-order valence-corrected chi connectivity index (χ4v) is 2.94. The van der Waals surface area contributed by atoms with E-state index in [2.05, 4.69) is 15.3 Å². The maximum atomic E-state index is 12.1. The van der Waals surface area contributed by atoms with Crippen molar-refractivity contribution in [3.8, 4) is 0 Å². The predicted octanol–water partition coefficient (Wildman–Crippen LogP) is 2.66. The monoisotopic (exact) mass is 316 g/mol. The Bertz CT molecular complexity index is 649. The van der Waals surface area contributed by atoms with Crippen molar-refractivity contribution in [1.29, 1.82) is 0 Å². The number of ether oxygens (including phenoxy) is 1. The Morgan fingerprint density at radius 3 is 3.26 bits per heavy atom. The molecule has 1 aliphatic heterocycles. The lowest BCUT2D eigenvalue weighted by molar-refractivity contribution is 0.100. The Kier molecular flexibility index (Phi) is 5.12. The highest BCUT2D eigenvalue weighted by molar-refractivity contribution is 5.76. The smallest absolute Gasteiger partial charge is 0.317 e. The van der Waals surface area contributed by atoms with Crippen LogP contribution < -0.4 is 5.32 Å². The molecule has 1 fully saturated rings. The van der Waals surface area contributed by atoms with Gasteiger partial charge in [-0.05, 0) is 43.4 Å². The molecule has 0 saturated carbocycles. The zero-order chi connectivity index (χ0) is 16.1. The minimum atomic E-state index is -0.0398. The van der Waals surface area contributed by atoms with Gasteiger partial charge in [-0.1, -0.05) is 6.07 Å². The van der Waals surface area contributed by atoms with Crippen LogP contribution in [0.1, 0.15) is 31.2 Å². The number of hydrogen-bond acceptors (Lipinski definition) is 3. The van der Waals surface area contributed by atoms with Gasteiger partial charge >= 0.3 is 6.03 Å². The molecule has 2 aromatic rings. The zero-order valence-corrected chi connectivity index (χ0v) is 13.5. The number of imidazole rings is 1. The number of H-pyrrole nitrogens is 1. The third kappa shape index (κ3) is 4.22. The molecule has 3 rings (SSSR count). The molecule has 2 heterocycles. The van der Waals surface area contributed by atoms with Gasteiger partial charge in [0.25, 0.3) is 0 Å². The first-order chi connectivity index (χ1) is 11.2. The minimum Gasteiger partial charge on any atom is -0.378 e. The lowest BCUT2D eigenvalue weighted by atomic mass is 10.1. The number of benzene rings is 1. The topological polar surface area (TPSA) is 70.2 Å². The van der Waals surface area contributed by atoms with E-state index < -0.39 is 0 Å². The Balaban J connectivity index is 1.40. The van der Waals surface area contributed by atoms with Gasteiger partial charge in [0.2, 0.25) is 0 Å². The normalized spacial score (nSPS) is 17.5. The van der Waals surface area contributed by atoms with E-state index in [1.807, 2.05) is 25.2 Å². The van der Waals surface area contributed by atoms with E-state index in [0.29, 0.717) is 12.6 Å². The number of hydrogen-bond donors (Lipinski definition) is 2. The van der Waals surface area contributed by atoms with E-state index >= 15 is 0 Å². The average Bonchev–Trinajstić information content (AvgIpc) is 3.23. The number of rotatable bonds is 6. The highest BCUT2D eigenvalue weighted by Crippen LogP contribution is 2.16. The van der Waals surface area contributed by atoms with Crippen LogP contribution in [0.3, 0.4) is 0 Å². The van der Waals surface area contributed by atoms with Gasteiger partial charge in [0.1, 0.15) is 0 Å². The second kappa shape index (κ2) is 7.46. The van der Waals surface area contributed by atoms with Crippen molar-refractivity contribution < 1.29 is 9.53 Å². The molecule has 1 aliphatic rings. The quantitative estimate of drug-likeness (QED) is 0.861. The molecule has 6 nitrogen and oxygen atoms in total. The van der Waals surface area contributed by atoms with Gasteiger partial charge in [0, 0.05) is 26.7 Å². The Hall–Kier alpha value is -2.08. The van der Waals surface area contributed by atoms with E-state index in [4.69, 9.17) is 4.74 Å². The van der Waals surface area contributed by atoms with Crippen molar-refractivity contribution >= 4 is 17.1 Å². The van der Waals surface area contributed by atoms with Gasteiger partial charge in [-0.25, -0.2) is 9.78 Å². The van der Waals surface area contributed by atoms with Crippen LogP contribution in [0.2, 0.25) is 0 Å². The summed E-state index contributed by atoms with van der Waals surface area (Å²) in [4.78, 5) is 21.1. The first kappa shape index (κ1) is 15.8. The lowest BCUT2D eigenvalue weighted by Gasteiger charge is -2.19. The second-order valence-electron chi connectivity index (χ2n) is 6.11. The SMILES string of the molecule is CN(CCC[C@@H]1CCCO1)C(=O)NCc1ccc2nc[nH]c2c1. The Morgan fingerprint density at radius 1 is 1.52 bits per heavy atom. The number of nitrogens with one attached hydrogen (secondary N) is 2. The molecule has 23 heavy (non-hydrogen) atoms. The molecule has 0 aliphatic carbocycles. The van der Waals surface area contributed by atoms with Crippen LogP contribution in [0.25, 0.3) is 11.0 Å². The predicted molar refractivity (Wildman–Crippen MR) is 89.2 cm³/mol. The highest BCUT2D eigenvalue weighted by atomic mass is 16.5. The average molecular weight is 316 g/mol. The Labute approximate surface area is 136 Å². The summed E-state index contributed by atoms with van der Waals surface area (Å²) in [7, 11) is 1.84. The van der Waals surface area contributed by atoms with Crippen LogP contribution in [0, 0.1) is 0 Å². The van der Waals surface area contributed by atoms with Crippen molar-refractivity contribution in [3.63, 3.8) is 0 Å². The third-order valence-corrected chi connectivity index (χ3v) is 4.32. The van der Waals surface area contributed by atoms with Crippen molar-refractivity contribution in [2.24, 2.45) is 0 Å². The molecule has 6 heteroatoms. The number of aromatic amines is 1. The van der Waals surface area contributed by atoms with Crippen molar-refractivity contribution in [3.05, 3.63) is 30.1 Å². The van der Waals surface area contributed by atoms with Gasteiger partial charge in [-0.2, -0.15) is 0 Å². The molecule has 2 N–H and O–H groups in total. The first-order valence-electron chi connectivity index (χ1n) is 8.25. The van der Waals surface area contributed by atoms with Crippen LogP contribution in [0.4, 0.5) is 4.79 Å². The molecular weight excluding hydrogens is 292 g/mol. The van der Waals surface area contributed by atoms with Gasteiger partial charge in [-0.3, -0.25) is 0 Å². The number of urea groups is 1. The maximum Gasteiger partial charge on any atom is 0.317 e. The first-order valence-corrected chi connectivity index (χ1v) is 8.25. The molecule has 2 amide bonds. The van der Waals surface area contributed by atoms with Crippen molar-refractivity contribution in [1.82, 2.24) is 20.2 Å². The molecule has 1 saturated heterocycles. The fourth-order valence-electron chi connectivity index (χ4n) is 2.94. The van der Waals surface area contributed by atoms with Crippen molar-refractivity contribution in [2.75, 3.05) is 20.2 Å². The van der Waals surface area contributed by atoms with Crippen LogP contribution in [0.5, 0.6) is 0 Å². The van der Waals surface area contributed by atoms with Crippen LogP contribution >= 0.6 is 0 Å². The van der Waals surface area contributed by atoms with E-state index in [1.54, 1.807) is 11.2 Å². The van der Waals surface area contributed by atoms with Crippen LogP contribution in [-0.2, 0) is 11.3 Å². The lowest BCUT2D eigenvalue weighted by Crippen LogP contribution is -2.37. The second-order valence-corrected chi connectivity index (χ2v) is 6.11. The minimum absolute atomic E-state index is 0.0398. The number of amides is 2. The molecule has 1 atom stereocenters. The molecule has 1 aromatic heterocycles. The molecule has 0 radical (unpaired) electrons. The molecule has 1 aromatic carbocycles. The van der Waals surface area contributed by atoms with Gasteiger partial charge in [0.05, 0.1) is 23.5 Å². The van der Waals surface area contributed by atoms with E-state index in [9.17, 15) is 4.79 Å². The molecular formula is C17H24N4O2. The summed E-state index contributed by atoms with van der Waals surface area (Å²) in [6.45, 7) is 2.16. The molecule has 0 unspecified atom stereocenters. The fraction of sp³-hybridized carbons (Fsp3) is 0.529. The number of fused-ring (bicyclic) bond motifs is 1. The summed E-state index contributed by atoms with van der Waals surface area (Å²) in [6, 6.07) is 5.92.